The van der Waals surface area contributed by atoms with Crippen LogP contribution in [-0.4, -0.2) is 31.1 Å². The van der Waals surface area contributed by atoms with Crippen molar-refractivity contribution in [3.8, 4) is 0 Å². The summed E-state index contributed by atoms with van der Waals surface area (Å²) >= 11 is 5.73. The summed E-state index contributed by atoms with van der Waals surface area (Å²) in [5, 5.41) is 3.48. The normalized spacial score (nSPS) is 18.0. The molecule has 1 aliphatic rings. The standard InChI is InChI=1S/C11H14ClFN2/c12-10-3-1-2-9(11(10)13)8-15-6-4-14-5-7-15/h1-3,14H,4-8H2. The molecule has 1 fully saturated rings. The highest BCUT2D eigenvalue weighted by Crippen LogP contribution is 2.19. The first-order valence-corrected chi connectivity index (χ1v) is 5.51. The van der Waals surface area contributed by atoms with Gasteiger partial charge in [0.1, 0.15) is 5.82 Å². The molecule has 0 radical (unpaired) electrons. The zero-order valence-electron chi connectivity index (χ0n) is 8.47. The van der Waals surface area contributed by atoms with E-state index in [4.69, 9.17) is 11.6 Å². The van der Waals surface area contributed by atoms with Crippen molar-refractivity contribution in [1.29, 1.82) is 0 Å². The van der Waals surface area contributed by atoms with Gasteiger partial charge < -0.3 is 5.32 Å². The van der Waals surface area contributed by atoms with Crippen LogP contribution >= 0.6 is 11.6 Å². The first-order valence-electron chi connectivity index (χ1n) is 5.13. The summed E-state index contributed by atoms with van der Waals surface area (Å²) in [4.78, 5) is 2.23. The van der Waals surface area contributed by atoms with Gasteiger partial charge in [-0.05, 0) is 6.07 Å². The summed E-state index contributed by atoms with van der Waals surface area (Å²) in [5.41, 5.74) is 0.685. The first-order chi connectivity index (χ1) is 7.27. The third kappa shape index (κ3) is 2.68. The zero-order valence-corrected chi connectivity index (χ0v) is 9.23. The van der Waals surface area contributed by atoms with Crippen LogP contribution in [0.4, 0.5) is 4.39 Å². The van der Waals surface area contributed by atoms with Gasteiger partial charge in [-0.15, -0.1) is 0 Å². The van der Waals surface area contributed by atoms with Crippen LogP contribution in [0.5, 0.6) is 0 Å². The molecular formula is C11H14ClFN2. The third-order valence-electron chi connectivity index (χ3n) is 2.64. The molecule has 1 aliphatic heterocycles. The maximum absolute atomic E-state index is 13.6. The molecule has 0 spiro atoms. The Balaban J connectivity index is 2.06. The quantitative estimate of drug-likeness (QED) is 0.832. The third-order valence-corrected chi connectivity index (χ3v) is 2.93. The minimum absolute atomic E-state index is 0.211. The largest absolute Gasteiger partial charge is 0.314 e. The van der Waals surface area contributed by atoms with E-state index in [0.717, 1.165) is 26.2 Å². The van der Waals surface area contributed by atoms with Gasteiger partial charge in [0, 0.05) is 38.3 Å². The van der Waals surface area contributed by atoms with Crippen molar-refractivity contribution >= 4 is 11.6 Å². The number of hydrogen-bond acceptors (Lipinski definition) is 2. The smallest absolute Gasteiger partial charge is 0.146 e. The molecule has 2 nitrogen and oxygen atoms in total. The van der Waals surface area contributed by atoms with Gasteiger partial charge in [0.2, 0.25) is 0 Å². The highest BCUT2D eigenvalue weighted by molar-refractivity contribution is 6.30. The van der Waals surface area contributed by atoms with E-state index in [0.29, 0.717) is 12.1 Å². The average molecular weight is 229 g/mol. The highest BCUT2D eigenvalue weighted by Gasteiger charge is 2.13. The Morgan fingerprint density at radius 2 is 2.07 bits per heavy atom. The number of piperazine rings is 1. The first kappa shape index (κ1) is 10.9. The van der Waals surface area contributed by atoms with E-state index in [2.05, 4.69) is 10.2 Å². The molecule has 0 amide bonds. The van der Waals surface area contributed by atoms with Crippen molar-refractivity contribution in [2.24, 2.45) is 0 Å². The Labute approximate surface area is 94.0 Å². The predicted octanol–water partition coefficient (Wildman–Crippen LogP) is 1.88. The summed E-state index contributed by atoms with van der Waals surface area (Å²) in [6.45, 7) is 4.52. The highest BCUT2D eigenvalue weighted by atomic mass is 35.5. The van der Waals surface area contributed by atoms with E-state index in [1.54, 1.807) is 18.2 Å². The molecule has 1 saturated heterocycles. The molecule has 4 heteroatoms. The second-order valence-corrected chi connectivity index (χ2v) is 4.15. The van der Waals surface area contributed by atoms with Crippen molar-refractivity contribution in [3.63, 3.8) is 0 Å². The number of benzene rings is 1. The predicted molar refractivity (Wildman–Crippen MR) is 59.6 cm³/mol. The molecule has 1 N–H and O–H groups in total. The monoisotopic (exact) mass is 228 g/mol. The minimum Gasteiger partial charge on any atom is -0.314 e. The van der Waals surface area contributed by atoms with Crippen LogP contribution in [0, 0.1) is 5.82 Å². The molecule has 1 aromatic rings. The molecule has 0 saturated carbocycles. The van der Waals surface area contributed by atoms with Crippen LogP contribution in [0.1, 0.15) is 5.56 Å². The van der Waals surface area contributed by atoms with Crippen LogP contribution in [0.25, 0.3) is 0 Å². The maximum Gasteiger partial charge on any atom is 0.146 e. The lowest BCUT2D eigenvalue weighted by Crippen LogP contribution is -2.43. The topological polar surface area (TPSA) is 15.3 Å². The van der Waals surface area contributed by atoms with Crippen molar-refractivity contribution < 1.29 is 4.39 Å². The number of nitrogens with zero attached hydrogens (tertiary/aromatic N) is 1. The molecule has 1 aromatic carbocycles. The Hall–Kier alpha value is -0.640. The van der Waals surface area contributed by atoms with Crippen molar-refractivity contribution in [2.45, 2.75) is 6.54 Å². The average Bonchev–Trinajstić information content (AvgIpc) is 2.26. The second kappa shape index (κ2) is 4.92. The molecule has 0 bridgehead atoms. The molecule has 0 aromatic heterocycles. The maximum atomic E-state index is 13.6. The molecule has 15 heavy (non-hydrogen) atoms. The summed E-state index contributed by atoms with van der Waals surface area (Å²) in [7, 11) is 0. The second-order valence-electron chi connectivity index (χ2n) is 3.74. The van der Waals surface area contributed by atoms with Crippen molar-refractivity contribution in [3.05, 3.63) is 34.6 Å². The lowest BCUT2D eigenvalue weighted by atomic mass is 10.2. The summed E-state index contributed by atoms with van der Waals surface area (Å²) < 4.78 is 13.6. The van der Waals surface area contributed by atoms with E-state index < -0.39 is 0 Å². The van der Waals surface area contributed by atoms with E-state index >= 15 is 0 Å². The lowest BCUT2D eigenvalue weighted by Gasteiger charge is -2.27. The van der Waals surface area contributed by atoms with Crippen LogP contribution in [0.2, 0.25) is 5.02 Å². The van der Waals surface area contributed by atoms with Gasteiger partial charge in [0.15, 0.2) is 0 Å². The van der Waals surface area contributed by atoms with Gasteiger partial charge in [0.05, 0.1) is 5.02 Å². The Morgan fingerprint density at radius 3 is 2.80 bits per heavy atom. The molecule has 0 atom stereocenters. The Bertz CT molecular complexity index is 337. The zero-order chi connectivity index (χ0) is 10.7. The lowest BCUT2D eigenvalue weighted by molar-refractivity contribution is 0.230. The molecule has 2 rings (SSSR count). The van der Waals surface area contributed by atoms with Crippen LogP contribution < -0.4 is 5.32 Å². The van der Waals surface area contributed by atoms with Crippen LogP contribution in [-0.2, 0) is 6.54 Å². The van der Waals surface area contributed by atoms with Gasteiger partial charge in [0.25, 0.3) is 0 Å². The molecule has 0 aliphatic carbocycles. The van der Waals surface area contributed by atoms with Crippen LogP contribution in [0.3, 0.4) is 0 Å². The van der Waals surface area contributed by atoms with E-state index in [1.165, 1.54) is 0 Å². The molecular weight excluding hydrogens is 215 g/mol. The number of nitrogens with one attached hydrogen (secondary N) is 1. The number of halogens is 2. The van der Waals surface area contributed by atoms with Gasteiger partial charge >= 0.3 is 0 Å². The Morgan fingerprint density at radius 1 is 1.33 bits per heavy atom. The van der Waals surface area contributed by atoms with Gasteiger partial charge in [-0.1, -0.05) is 23.7 Å². The van der Waals surface area contributed by atoms with E-state index in [1.807, 2.05) is 0 Å². The fourth-order valence-electron chi connectivity index (χ4n) is 1.78. The summed E-state index contributed by atoms with van der Waals surface area (Å²) in [5.74, 6) is -0.280. The molecule has 1 heterocycles. The molecule has 0 unspecified atom stereocenters. The fraction of sp³-hybridized carbons (Fsp3) is 0.455. The number of rotatable bonds is 2. The minimum atomic E-state index is -0.280. The van der Waals surface area contributed by atoms with Gasteiger partial charge in [-0.2, -0.15) is 0 Å². The van der Waals surface area contributed by atoms with E-state index in [9.17, 15) is 4.39 Å². The summed E-state index contributed by atoms with van der Waals surface area (Å²) in [6.07, 6.45) is 0. The number of hydrogen-bond donors (Lipinski definition) is 1. The summed E-state index contributed by atoms with van der Waals surface area (Å²) in [6, 6.07) is 5.17. The van der Waals surface area contributed by atoms with Crippen molar-refractivity contribution in [1.82, 2.24) is 10.2 Å². The van der Waals surface area contributed by atoms with Crippen molar-refractivity contribution in [2.75, 3.05) is 26.2 Å². The Kier molecular flexibility index (Phi) is 3.57. The van der Waals surface area contributed by atoms with Crippen LogP contribution in [0.15, 0.2) is 18.2 Å². The molecule has 82 valence electrons. The fourth-order valence-corrected chi connectivity index (χ4v) is 1.97. The van der Waals surface area contributed by atoms with E-state index in [-0.39, 0.29) is 10.8 Å². The van der Waals surface area contributed by atoms with Gasteiger partial charge in [-0.3, -0.25) is 4.90 Å². The van der Waals surface area contributed by atoms with Gasteiger partial charge in [-0.25, -0.2) is 4.39 Å². The SMILES string of the molecule is Fc1c(Cl)cccc1CN1CCNCC1.